The lowest BCUT2D eigenvalue weighted by atomic mass is 9.97. The van der Waals surface area contributed by atoms with Crippen LogP contribution in [0.4, 0.5) is 0 Å². The molecule has 0 amide bonds. The van der Waals surface area contributed by atoms with Crippen LogP contribution >= 0.6 is 45.8 Å². The zero-order valence-corrected chi connectivity index (χ0v) is 14.3. The van der Waals surface area contributed by atoms with Crippen molar-refractivity contribution in [1.29, 1.82) is 0 Å². The molecule has 0 aliphatic heterocycles. The molecule has 0 bridgehead atoms. The third-order valence-electron chi connectivity index (χ3n) is 3.10. The molecule has 0 heterocycles. The molecule has 0 radical (unpaired) electrons. The summed E-state index contributed by atoms with van der Waals surface area (Å²) in [7, 11) is 1.95. The lowest BCUT2D eigenvalue weighted by Gasteiger charge is -2.20. The maximum atomic E-state index is 6.11. The highest BCUT2D eigenvalue weighted by molar-refractivity contribution is 14.1. The van der Waals surface area contributed by atoms with Crippen LogP contribution in [0.25, 0.3) is 0 Å². The molecule has 1 N–H and O–H groups in total. The van der Waals surface area contributed by atoms with Crippen LogP contribution in [0.15, 0.2) is 36.4 Å². The largest absolute Gasteiger partial charge is 0.309 e. The average Bonchev–Trinajstić information content (AvgIpc) is 2.39. The predicted molar refractivity (Wildman–Crippen MR) is 91.3 cm³/mol. The first-order valence-electron chi connectivity index (χ1n) is 5.92. The molecule has 2 aromatic carbocycles. The maximum absolute atomic E-state index is 6.11. The van der Waals surface area contributed by atoms with Gasteiger partial charge in [0.15, 0.2) is 0 Å². The molecule has 0 fully saturated rings. The third-order valence-corrected chi connectivity index (χ3v) is 5.31. The van der Waals surface area contributed by atoms with Gasteiger partial charge in [-0.1, -0.05) is 47.5 Å². The summed E-state index contributed by atoms with van der Waals surface area (Å²) in [5.41, 5.74) is 3.64. The number of nitrogens with one attached hydrogen (secondary N) is 1. The summed E-state index contributed by atoms with van der Waals surface area (Å²) in [6.45, 7) is 2.12. The second kappa shape index (κ2) is 6.44. The summed E-state index contributed by atoms with van der Waals surface area (Å²) in [6, 6.07) is 12.2. The highest BCUT2D eigenvalue weighted by Crippen LogP contribution is 2.31. The Bertz CT molecular complexity index is 599. The molecule has 0 aliphatic carbocycles. The van der Waals surface area contributed by atoms with Crippen molar-refractivity contribution in [3.05, 3.63) is 66.7 Å². The van der Waals surface area contributed by atoms with Crippen LogP contribution in [0.1, 0.15) is 22.7 Å². The van der Waals surface area contributed by atoms with Crippen LogP contribution in [0, 0.1) is 10.5 Å². The summed E-state index contributed by atoms with van der Waals surface area (Å²) in [5, 5.41) is 4.51. The first kappa shape index (κ1) is 15.1. The van der Waals surface area contributed by atoms with E-state index in [4.69, 9.17) is 23.2 Å². The number of aryl methyl sites for hydroxylation is 1. The molecular weight excluding hydrogens is 392 g/mol. The van der Waals surface area contributed by atoms with E-state index in [0.717, 1.165) is 5.56 Å². The quantitative estimate of drug-likeness (QED) is 0.690. The van der Waals surface area contributed by atoms with E-state index in [2.05, 4.69) is 53.0 Å². The van der Waals surface area contributed by atoms with E-state index in [-0.39, 0.29) is 6.04 Å². The SMILES string of the molecule is CNC(c1ccc(Cl)c(Cl)c1)c1cccc(C)c1I. The molecule has 4 heteroatoms. The van der Waals surface area contributed by atoms with Crippen molar-refractivity contribution >= 4 is 45.8 Å². The molecule has 0 aromatic heterocycles. The minimum absolute atomic E-state index is 0.113. The number of hydrogen-bond donors (Lipinski definition) is 1. The van der Waals surface area contributed by atoms with Crippen molar-refractivity contribution in [2.24, 2.45) is 0 Å². The normalized spacial score (nSPS) is 12.5. The number of halogens is 3. The molecule has 0 saturated heterocycles. The highest BCUT2D eigenvalue weighted by Gasteiger charge is 2.16. The van der Waals surface area contributed by atoms with Gasteiger partial charge in [0.25, 0.3) is 0 Å². The minimum atomic E-state index is 0.113. The van der Waals surface area contributed by atoms with E-state index in [1.165, 1.54) is 14.7 Å². The fraction of sp³-hybridized carbons (Fsp3) is 0.200. The van der Waals surface area contributed by atoms with Crippen molar-refractivity contribution < 1.29 is 0 Å². The van der Waals surface area contributed by atoms with Gasteiger partial charge in [0, 0.05) is 3.57 Å². The lowest BCUT2D eigenvalue weighted by molar-refractivity contribution is 0.688. The average molecular weight is 406 g/mol. The monoisotopic (exact) mass is 405 g/mol. The van der Waals surface area contributed by atoms with Gasteiger partial charge in [-0.3, -0.25) is 0 Å². The molecule has 1 atom stereocenters. The van der Waals surface area contributed by atoms with E-state index in [1.54, 1.807) is 0 Å². The Morgan fingerprint density at radius 3 is 2.47 bits per heavy atom. The van der Waals surface area contributed by atoms with Gasteiger partial charge in [0.05, 0.1) is 16.1 Å². The van der Waals surface area contributed by atoms with E-state index in [9.17, 15) is 0 Å². The van der Waals surface area contributed by atoms with E-state index >= 15 is 0 Å². The molecule has 2 aromatic rings. The van der Waals surface area contributed by atoms with Gasteiger partial charge in [0.2, 0.25) is 0 Å². The molecule has 100 valence electrons. The van der Waals surface area contributed by atoms with Gasteiger partial charge < -0.3 is 5.32 Å². The lowest BCUT2D eigenvalue weighted by Crippen LogP contribution is -2.19. The molecular formula is C15H14Cl2IN. The van der Waals surface area contributed by atoms with Crippen LogP contribution in [0.5, 0.6) is 0 Å². The van der Waals surface area contributed by atoms with Gasteiger partial charge >= 0.3 is 0 Å². The van der Waals surface area contributed by atoms with Crippen LogP contribution < -0.4 is 5.32 Å². The van der Waals surface area contributed by atoms with Crippen molar-refractivity contribution in [3.63, 3.8) is 0 Å². The summed E-state index contributed by atoms with van der Waals surface area (Å²) < 4.78 is 1.27. The van der Waals surface area contributed by atoms with Crippen LogP contribution in [0.2, 0.25) is 10.0 Å². The Balaban J connectivity index is 2.50. The van der Waals surface area contributed by atoms with Gasteiger partial charge in [-0.15, -0.1) is 0 Å². The topological polar surface area (TPSA) is 12.0 Å². The number of rotatable bonds is 3. The molecule has 19 heavy (non-hydrogen) atoms. The van der Waals surface area contributed by atoms with E-state index in [0.29, 0.717) is 10.0 Å². The number of benzene rings is 2. The van der Waals surface area contributed by atoms with Crippen molar-refractivity contribution in [3.8, 4) is 0 Å². The Kier molecular flexibility index (Phi) is 5.12. The molecule has 0 aliphatic rings. The van der Waals surface area contributed by atoms with Gasteiger partial charge in [-0.05, 0) is 65.4 Å². The minimum Gasteiger partial charge on any atom is -0.309 e. The summed E-state index contributed by atoms with van der Waals surface area (Å²) in [6.07, 6.45) is 0. The van der Waals surface area contributed by atoms with Crippen molar-refractivity contribution in [2.45, 2.75) is 13.0 Å². The van der Waals surface area contributed by atoms with E-state index in [1.807, 2.05) is 25.2 Å². The van der Waals surface area contributed by atoms with Gasteiger partial charge in [0.1, 0.15) is 0 Å². The second-order valence-electron chi connectivity index (χ2n) is 4.37. The standard InChI is InChI=1S/C15H14Cl2IN/c1-9-4-3-5-11(14(9)18)15(19-2)10-6-7-12(16)13(17)8-10/h3-8,15,19H,1-2H3. The molecule has 1 nitrogen and oxygen atoms in total. The second-order valence-corrected chi connectivity index (χ2v) is 6.27. The summed E-state index contributed by atoms with van der Waals surface area (Å²) >= 11 is 14.5. The highest BCUT2D eigenvalue weighted by atomic mass is 127. The predicted octanol–water partition coefficient (Wildman–Crippen LogP) is 5.22. The summed E-state index contributed by atoms with van der Waals surface area (Å²) in [4.78, 5) is 0. The number of hydrogen-bond acceptors (Lipinski definition) is 1. The molecule has 0 saturated carbocycles. The molecule has 0 spiro atoms. The zero-order chi connectivity index (χ0) is 14.0. The first-order valence-corrected chi connectivity index (χ1v) is 7.75. The Morgan fingerprint density at radius 2 is 1.84 bits per heavy atom. The Hall–Kier alpha value is -0.290. The van der Waals surface area contributed by atoms with Crippen LogP contribution in [0.3, 0.4) is 0 Å². The Labute approximate surface area is 137 Å². The third kappa shape index (κ3) is 3.24. The fourth-order valence-electron chi connectivity index (χ4n) is 2.09. The summed E-state index contributed by atoms with van der Waals surface area (Å²) in [5.74, 6) is 0. The van der Waals surface area contributed by atoms with Crippen LogP contribution in [-0.2, 0) is 0 Å². The van der Waals surface area contributed by atoms with Gasteiger partial charge in [-0.2, -0.15) is 0 Å². The van der Waals surface area contributed by atoms with Crippen LogP contribution in [-0.4, -0.2) is 7.05 Å². The first-order chi connectivity index (χ1) is 9.04. The molecule has 1 unspecified atom stereocenters. The van der Waals surface area contributed by atoms with Crippen molar-refractivity contribution in [2.75, 3.05) is 7.05 Å². The van der Waals surface area contributed by atoms with Gasteiger partial charge in [-0.25, -0.2) is 0 Å². The maximum Gasteiger partial charge on any atom is 0.0595 e. The van der Waals surface area contributed by atoms with Crippen molar-refractivity contribution in [1.82, 2.24) is 5.32 Å². The molecule has 2 rings (SSSR count). The zero-order valence-electron chi connectivity index (χ0n) is 10.7. The fourth-order valence-corrected chi connectivity index (χ4v) is 3.06. The van der Waals surface area contributed by atoms with E-state index < -0.39 is 0 Å². The smallest absolute Gasteiger partial charge is 0.0595 e. The Morgan fingerprint density at radius 1 is 1.11 bits per heavy atom.